The molecular weight excluding hydrogens is 428 g/mol. The number of thiophene rings is 1. The first kappa shape index (κ1) is 20.8. The zero-order valence-corrected chi connectivity index (χ0v) is 18.9. The van der Waals surface area contributed by atoms with Crippen molar-refractivity contribution in [3.05, 3.63) is 87.6 Å². The Morgan fingerprint density at radius 1 is 0.968 bits per heavy atom. The molecule has 162 valence electrons. The summed E-state index contributed by atoms with van der Waals surface area (Å²) in [6.45, 7) is 3.39. The molecule has 0 aliphatic carbocycles. The van der Waals surface area contributed by atoms with Crippen molar-refractivity contribution in [3.8, 4) is 0 Å². The standard InChI is InChI=1S/C24H26N2O3S2/c27-31(28,26-12-14-29-15-13-26)21-8-4-5-19(17-21)18-25-11-9-23-22(10-16-30-23)24(25)20-6-2-1-3-7-20/h1-8,10,16-17,24H,9,11-15,18H2/t24-/m1/s1. The summed E-state index contributed by atoms with van der Waals surface area (Å²) < 4.78 is 33.1. The first-order chi connectivity index (χ1) is 15.1. The fourth-order valence-electron chi connectivity index (χ4n) is 4.54. The van der Waals surface area contributed by atoms with Crippen molar-refractivity contribution in [1.29, 1.82) is 0 Å². The Kier molecular flexibility index (Phi) is 5.95. The van der Waals surface area contributed by atoms with E-state index in [1.165, 1.54) is 20.3 Å². The summed E-state index contributed by atoms with van der Waals surface area (Å²) in [6, 6.07) is 20.5. The van der Waals surface area contributed by atoms with Crippen molar-refractivity contribution < 1.29 is 13.2 Å². The Balaban J connectivity index is 1.43. The number of ether oxygens (including phenoxy) is 1. The van der Waals surface area contributed by atoms with Gasteiger partial charge in [0, 0.05) is 31.1 Å². The van der Waals surface area contributed by atoms with Crippen LogP contribution in [0.25, 0.3) is 0 Å². The molecule has 1 fully saturated rings. The minimum Gasteiger partial charge on any atom is -0.379 e. The molecular formula is C24H26N2O3S2. The number of benzene rings is 2. The monoisotopic (exact) mass is 454 g/mol. The molecule has 0 bridgehead atoms. The Hall–Kier alpha value is -2.03. The minimum atomic E-state index is -3.49. The van der Waals surface area contributed by atoms with E-state index in [1.54, 1.807) is 6.07 Å². The normalized spacial score (nSPS) is 20.5. The quantitative estimate of drug-likeness (QED) is 0.586. The van der Waals surface area contributed by atoms with Crippen LogP contribution < -0.4 is 0 Å². The van der Waals surface area contributed by atoms with Crippen LogP contribution >= 0.6 is 11.3 Å². The third-order valence-electron chi connectivity index (χ3n) is 6.07. The number of morpholine rings is 1. The lowest BCUT2D eigenvalue weighted by Crippen LogP contribution is -2.40. The zero-order valence-electron chi connectivity index (χ0n) is 17.3. The van der Waals surface area contributed by atoms with Crippen LogP contribution in [0.1, 0.15) is 27.6 Å². The number of nitrogens with zero attached hydrogens (tertiary/aromatic N) is 2. The van der Waals surface area contributed by atoms with Gasteiger partial charge >= 0.3 is 0 Å². The maximum absolute atomic E-state index is 13.1. The van der Waals surface area contributed by atoms with Crippen LogP contribution in [0.15, 0.2) is 70.9 Å². The molecule has 5 rings (SSSR count). The second-order valence-electron chi connectivity index (χ2n) is 8.00. The van der Waals surface area contributed by atoms with E-state index < -0.39 is 10.0 Å². The van der Waals surface area contributed by atoms with Crippen LogP contribution in [0.3, 0.4) is 0 Å². The molecule has 1 atom stereocenters. The average molecular weight is 455 g/mol. The first-order valence-electron chi connectivity index (χ1n) is 10.6. The SMILES string of the molecule is O=S(=O)(c1cccc(CN2CCc3sccc3[C@H]2c2ccccc2)c1)N1CCOCC1. The van der Waals surface area contributed by atoms with Crippen molar-refractivity contribution in [3.63, 3.8) is 0 Å². The smallest absolute Gasteiger partial charge is 0.243 e. The average Bonchev–Trinajstić information content (AvgIpc) is 3.29. The van der Waals surface area contributed by atoms with Gasteiger partial charge in [-0.05, 0) is 46.7 Å². The van der Waals surface area contributed by atoms with Gasteiger partial charge in [-0.2, -0.15) is 4.31 Å². The van der Waals surface area contributed by atoms with Crippen molar-refractivity contribution >= 4 is 21.4 Å². The van der Waals surface area contributed by atoms with Gasteiger partial charge < -0.3 is 4.74 Å². The topological polar surface area (TPSA) is 49.9 Å². The molecule has 2 aliphatic heterocycles. The lowest BCUT2D eigenvalue weighted by molar-refractivity contribution is 0.0730. The maximum Gasteiger partial charge on any atom is 0.243 e. The van der Waals surface area contributed by atoms with E-state index in [9.17, 15) is 8.42 Å². The first-order valence-corrected chi connectivity index (χ1v) is 13.0. The molecule has 1 aromatic heterocycles. The summed E-state index contributed by atoms with van der Waals surface area (Å²) in [6.07, 6.45) is 1.03. The number of hydrogen-bond donors (Lipinski definition) is 0. The molecule has 3 heterocycles. The van der Waals surface area contributed by atoms with E-state index in [-0.39, 0.29) is 6.04 Å². The number of hydrogen-bond acceptors (Lipinski definition) is 5. The molecule has 7 heteroatoms. The summed E-state index contributed by atoms with van der Waals surface area (Å²) in [5.41, 5.74) is 3.67. The molecule has 3 aromatic rings. The van der Waals surface area contributed by atoms with Crippen LogP contribution in [-0.2, 0) is 27.7 Å². The predicted molar refractivity (Wildman–Crippen MR) is 123 cm³/mol. The van der Waals surface area contributed by atoms with E-state index in [2.05, 4.69) is 40.6 Å². The molecule has 31 heavy (non-hydrogen) atoms. The maximum atomic E-state index is 13.1. The summed E-state index contributed by atoms with van der Waals surface area (Å²) in [5.74, 6) is 0. The largest absolute Gasteiger partial charge is 0.379 e. The highest BCUT2D eigenvalue weighted by molar-refractivity contribution is 7.89. The van der Waals surface area contributed by atoms with E-state index in [1.807, 2.05) is 35.6 Å². The molecule has 0 unspecified atom stereocenters. The van der Waals surface area contributed by atoms with Gasteiger partial charge in [0.05, 0.1) is 24.2 Å². The molecule has 2 aromatic carbocycles. The predicted octanol–water partition coefficient (Wildman–Crippen LogP) is 3.92. The molecule has 2 aliphatic rings. The van der Waals surface area contributed by atoms with Crippen molar-refractivity contribution in [2.75, 3.05) is 32.8 Å². The van der Waals surface area contributed by atoms with Gasteiger partial charge in [-0.3, -0.25) is 4.90 Å². The fourth-order valence-corrected chi connectivity index (χ4v) is 6.92. The third kappa shape index (κ3) is 4.21. The van der Waals surface area contributed by atoms with Crippen LogP contribution in [0.2, 0.25) is 0 Å². The van der Waals surface area contributed by atoms with E-state index in [0.717, 1.165) is 18.5 Å². The van der Waals surface area contributed by atoms with Gasteiger partial charge in [0.1, 0.15) is 0 Å². The van der Waals surface area contributed by atoms with E-state index >= 15 is 0 Å². The van der Waals surface area contributed by atoms with Crippen LogP contribution in [0.4, 0.5) is 0 Å². The van der Waals surface area contributed by atoms with E-state index in [4.69, 9.17) is 4.74 Å². The van der Waals surface area contributed by atoms with Gasteiger partial charge in [-0.15, -0.1) is 11.3 Å². The molecule has 0 spiro atoms. The van der Waals surface area contributed by atoms with Crippen molar-refractivity contribution in [1.82, 2.24) is 9.21 Å². The molecule has 5 nitrogen and oxygen atoms in total. The summed E-state index contributed by atoms with van der Waals surface area (Å²) >= 11 is 1.83. The Morgan fingerprint density at radius 3 is 2.58 bits per heavy atom. The number of sulfonamides is 1. The van der Waals surface area contributed by atoms with Gasteiger partial charge in [-0.25, -0.2) is 8.42 Å². The van der Waals surface area contributed by atoms with Crippen LogP contribution in [0, 0.1) is 0 Å². The lowest BCUT2D eigenvalue weighted by atomic mass is 9.93. The van der Waals surface area contributed by atoms with Crippen LogP contribution in [-0.4, -0.2) is 50.5 Å². The highest BCUT2D eigenvalue weighted by Crippen LogP contribution is 2.38. The fraction of sp³-hybridized carbons (Fsp3) is 0.333. The third-order valence-corrected chi connectivity index (χ3v) is 8.96. The number of rotatable bonds is 5. The molecule has 0 saturated carbocycles. The molecule has 0 N–H and O–H groups in total. The molecule has 1 saturated heterocycles. The highest BCUT2D eigenvalue weighted by atomic mass is 32.2. The van der Waals surface area contributed by atoms with Crippen molar-refractivity contribution in [2.45, 2.75) is 23.9 Å². The zero-order chi connectivity index (χ0) is 21.3. The molecule has 0 radical (unpaired) electrons. The second kappa shape index (κ2) is 8.84. The van der Waals surface area contributed by atoms with Crippen LogP contribution in [0.5, 0.6) is 0 Å². The van der Waals surface area contributed by atoms with Gasteiger partial charge in [0.25, 0.3) is 0 Å². The van der Waals surface area contributed by atoms with Gasteiger partial charge in [0.2, 0.25) is 10.0 Å². The second-order valence-corrected chi connectivity index (χ2v) is 10.9. The van der Waals surface area contributed by atoms with Crippen molar-refractivity contribution in [2.24, 2.45) is 0 Å². The lowest BCUT2D eigenvalue weighted by Gasteiger charge is -2.36. The Labute approximate surface area is 187 Å². The number of fused-ring (bicyclic) bond motifs is 1. The van der Waals surface area contributed by atoms with E-state index in [0.29, 0.717) is 37.7 Å². The molecule has 0 amide bonds. The summed E-state index contributed by atoms with van der Waals surface area (Å²) in [5, 5.41) is 2.18. The summed E-state index contributed by atoms with van der Waals surface area (Å²) in [4.78, 5) is 4.29. The van der Waals surface area contributed by atoms with Gasteiger partial charge in [-0.1, -0.05) is 42.5 Å². The minimum absolute atomic E-state index is 0.190. The Morgan fingerprint density at radius 2 is 1.77 bits per heavy atom. The van der Waals surface area contributed by atoms with Gasteiger partial charge in [0.15, 0.2) is 0 Å². The Bertz CT molecular complexity index is 1140. The summed E-state index contributed by atoms with van der Waals surface area (Å²) in [7, 11) is -3.49. The highest BCUT2D eigenvalue weighted by Gasteiger charge is 2.30.